The van der Waals surface area contributed by atoms with Crippen molar-refractivity contribution in [2.24, 2.45) is 0 Å². The molecule has 27 heavy (non-hydrogen) atoms. The molecule has 2 aliphatic rings. The fourth-order valence-corrected chi connectivity index (χ4v) is 4.47. The monoisotopic (exact) mass is 351 g/mol. The molecule has 0 saturated carbocycles. The number of pyridine rings is 2. The minimum atomic E-state index is 0.737. The fraction of sp³-hybridized carbons (Fsp3) is 0.217. The zero-order valence-corrected chi connectivity index (χ0v) is 15.0. The highest BCUT2D eigenvalue weighted by Gasteiger charge is 2.26. The summed E-state index contributed by atoms with van der Waals surface area (Å²) in [6, 6.07) is 19.2. The second-order valence-corrected chi connectivity index (χ2v) is 7.40. The van der Waals surface area contributed by atoms with E-state index in [-0.39, 0.29) is 0 Å². The van der Waals surface area contributed by atoms with E-state index in [2.05, 4.69) is 64.8 Å². The van der Waals surface area contributed by atoms with Crippen molar-refractivity contribution < 1.29 is 0 Å². The zero-order valence-electron chi connectivity index (χ0n) is 15.0. The van der Waals surface area contributed by atoms with Crippen molar-refractivity contribution in [3.05, 3.63) is 77.1 Å². The summed E-state index contributed by atoms with van der Waals surface area (Å²) in [5, 5.41) is 7.08. The van der Waals surface area contributed by atoms with Gasteiger partial charge in [-0.15, -0.1) is 0 Å². The van der Waals surface area contributed by atoms with E-state index >= 15 is 0 Å². The Morgan fingerprint density at radius 3 is 2.59 bits per heavy atom. The predicted molar refractivity (Wildman–Crippen MR) is 108 cm³/mol. The Labute approximate surface area is 157 Å². The molecule has 2 aromatic heterocycles. The maximum absolute atomic E-state index is 4.98. The smallest absolute Gasteiger partial charge is 0.0726 e. The number of nitrogens with zero attached hydrogens (tertiary/aromatic N) is 4. The standard InChI is InChI=1S/C23H19N4/c1-3-7-19-15(5-1)11-16-9-10-27(14-22(16)25-19)23-17-6-2-4-8-20(17)26-21-13-24-12-18(21)23/h1-8,11H,9-10,12-14H2. The average Bonchev–Trinajstić information content (AvgIpc) is 3.18. The molecule has 0 fully saturated rings. The minimum absolute atomic E-state index is 0.737. The zero-order chi connectivity index (χ0) is 17.8. The first kappa shape index (κ1) is 15.1. The molecule has 2 aliphatic heterocycles. The Balaban J connectivity index is 1.50. The van der Waals surface area contributed by atoms with Crippen LogP contribution in [0.1, 0.15) is 22.5 Å². The van der Waals surface area contributed by atoms with Gasteiger partial charge in [0.15, 0.2) is 0 Å². The molecule has 2 aromatic carbocycles. The van der Waals surface area contributed by atoms with Gasteiger partial charge in [0.1, 0.15) is 0 Å². The van der Waals surface area contributed by atoms with Gasteiger partial charge in [0.05, 0.1) is 41.2 Å². The first-order valence-electron chi connectivity index (χ1n) is 9.53. The van der Waals surface area contributed by atoms with Crippen LogP contribution in [-0.4, -0.2) is 16.5 Å². The molecule has 4 nitrogen and oxygen atoms in total. The van der Waals surface area contributed by atoms with Crippen LogP contribution in [0.3, 0.4) is 0 Å². The minimum Gasteiger partial charge on any atom is -0.364 e. The highest BCUT2D eigenvalue weighted by Crippen LogP contribution is 2.37. The van der Waals surface area contributed by atoms with Crippen LogP contribution in [0, 0.1) is 0 Å². The molecule has 0 spiro atoms. The molecule has 0 unspecified atom stereocenters. The Bertz CT molecular complexity index is 1200. The van der Waals surface area contributed by atoms with E-state index in [0.29, 0.717) is 0 Å². The molecule has 4 heterocycles. The highest BCUT2D eigenvalue weighted by molar-refractivity contribution is 5.94. The Morgan fingerprint density at radius 1 is 0.815 bits per heavy atom. The van der Waals surface area contributed by atoms with Crippen molar-refractivity contribution >= 4 is 27.5 Å². The van der Waals surface area contributed by atoms with Gasteiger partial charge in [0, 0.05) is 29.4 Å². The van der Waals surface area contributed by atoms with Crippen LogP contribution in [0.4, 0.5) is 5.69 Å². The van der Waals surface area contributed by atoms with E-state index in [1.54, 1.807) is 0 Å². The van der Waals surface area contributed by atoms with Crippen molar-refractivity contribution in [1.29, 1.82) is 0 Å². The Morgan fingerprint density at radius 2 is 1.63 bits per heavy atom. The summed E-state index contributed by atoms with van der Waals surface area (Å²) in [7, 11) is 0. The molecule has 4 heteroatoms. The summed E-state index contributed by atoms with van der Waals surface area (Å²) >= 11 is 0. The molecule has 131 valence electrons. The van der Waals surface area contributed by atoms with E-state index in [0.717, 1.165) is 49.3 Å². The molecule has 6 rings (SSSR count). The second kappa shape index (κ2) is 5.76. The fourth-order valence-electron chi connectivity index (χ4n) is 4.47. The van der Waals surface area contributed by atoms with Gasteiger partial charge in [-0.05, 0) is 30.2 Å². The van der Waals surface area contributed by atoms with E-state index in [1.165, 1.54) is 33.3 Å². The predicted octanol–water partition coefficient (Wildman–Crippen LogP) is 3.96. The van der Waals surface area contributed by atoms with Gasteiger partial charge in [-0.2, -0.15) is 0 Å². The van der Waals surface area contributed by atoms with Crippen molar-refractivity contribution in [1.82, 2.24) is 15.3 Å². The molecule has 0 aliphatic carbocycles. The van der Waals surface area contributed by atoms with Crippen LogP contribution in [0.15, 0.2) is 54.6 Å². The average molecular weight is 351 g/mol. The molecule has 4 aromatic rings. The van der Waals surface area contributed by atoms with Gasteiger partial charge in [-0.3, -0.25) is 9.97 Å². The lowest BCUT2D eigenvalue weighted by molar-refractivity contribution is 0.707. The van der Waals surface area contributed by atoms with Gasteiger partial charge >= 0.3 is 0 Å². The van der Waals surface area contributed by atoms with Crippen molar-refractivity contribution in [2.45, 2.75) is 26.1 Å². The lowest BCUT2D eigenvalue weighted by Gasteiger charge is -2.32. The SMILES string of the molecule is c1ccc2nc3c(cc2c1)CCN(c1c2c(nc4ccccc14)C[N]C2)C3. The highest BCUT2D eigenvalue weighted by atomic mass is 15.2. The summed E-state index contributed by atoms with van der Waals surface area (Å²) in [5.41, 5.74) is 8.49. The third-order valence-corrected chi connectivity index (χ3v) is 5.78. The second-order valence-electron chi connectivity index (χ2n) is 7.40. The Hall–Kier alpha value is -2.98. The van der Waals surface area contributed by atoms with Crippen molar-refractivity contribution in [3.8, 4) is 0 Å². The maximum Gasteiger partial charge on any atom is 0.0726 e. The number of para-hydroxylation sites is 2. The van der Waals surface area contributed by atoms with Crippen LogP contribution in [0.2, 0.25) is 0 Å². The first-order chi connectivity index (χ1) is 13.4. The van der Waals surface area contributed by atoms with E-state index in [1.807, 2.05) is 0 Å². The molecule has 1 radical (unpaired) electrons. The van der Waals surface area contributed by atoms with E-state index in [4.69, 9.17) is 9.97 Å². The first-order valence-corrected chi connectivity index (χ1v) is 9.53. The Kier molecular flexibility index (Phi) is 3.22. The number of anilines is 1. The lowest BCUT2D eigenvalue weighted by Crippen LogP contribution is -2.32. The molecular formula is C23H19N4. The number of hydrogen-bond donors (Lipinski definition) is 0. The van der Waals surface area contributed by atoms with Gasteiger partial charge in [-0.1, -0.05) is 36.4 Å². The van der Waals surface area contributed by atoms with Gasteiger partial charge in [0.25, 0.3) is 0 Å². The molecule has 0 atom stereocenters. The number of benzene rings is 2. The van der Waals surface area contributed by atoms with Crippen LogP contribution in [0.5, 0.6) is 0 Å². The van der Waals surface area contributed by atoms with Crippen LogP contribution < -0.4 is 10.2 Å². The summed E-state index contributed by atoms with van der Waals surface area (Å²) in [5.74, 6) is 0. The van der Waals surface area contributed by atoms with Crippen molar-refractivity contribution in [3.63, 3.8) is 0 Å². The summed E-state index contributed by atoms with van der Waals surface area (Å²) in [4.78, 5) is 12.3. The van der Waals surface area contributed by atoms with Crippen LogP contribution in [-0.2, 0) is 26.1 Å². The number of aromatic nitrogens is 2. The summed E-state index contributed by atoms with van der Waals surface area (Å²) in [6.45, 7) is 3.37. The largest absolute Gasteiger partial charge is 0.364 e. The van der Waals surface area contributed by atoms with Gasteiger partial charge < -0.3 is 4.90 Å². The number of fused-ring (bicyclic) bond motifs is 4. The molecule has 0 N–H and O–H groups in total. The molecule has 0 amide bonds. The van der Waals surface area contributed by atoms with Crippen LogP contribution in [0.25, 0.3) is 21.8 Å². The quantitative estimate of drug-likeness (QED) is 0.521. The van der Waals surface area contributed by atoms with Gasteiger partial charge in [-0.25, -0.2) is 5.32 Å². The summed E-state index contributed by atoms with van der Waals surface area (Å²) < 4.78 is 0. The molecule has 0 saturated heterocycles. The van der Waals surface area contributed by atoms with Crippen molar-refractivity contribution in [2.75, 3.05) is 11.4 Å². The summed E-state index contributed by atoms with van der Waals surface area (Å²) in [6.07, 6.45) is 1.02. The molecule has 0 bridgehead atoms. The topological polar surface area (TPSA) is 43.1 Å². The lowest BCUT2D eigenvalue weighted by atomic mass is 9.99. The van der Waals surface area contributed by atoms with Gasteiger partial charge in [0.2, 0.25) is 0 Å². The number of hydrogen-bond acceptors (Lipinski definition) is 3. The van der Waals surface area contributed by atoms with E-state index < -0.39 is 0 Å². The third kappa shape index (κ3) is 2.33. The normalized spacial score (nSPS) is 15.9. The van der Waals surface area contributed by atoms with Crippen LogP contribution >= 0.6 is 0 Å². The number of rotatable bonds is 1. The maximum atomic E-state index is 4.98. The third-order valence-electron chi connectivity index (χ3n) is 5.78. The van der Waals surface area contributed by atoms with E-state index in [9.17, 15) is 0 Å². The molecular weight excluding hydrogens is 332 g/mol.